The molecule has 1 atom stereocenters. The molecule has 0 aromatic heterocycles. The van der Waals surface area contributed by atoms with E-state index in [1.165, 1.54) is 4.90 Å². The van der Waals surface area contributed by atoms with E-state index in [9.17, 15) is 4.79 Å². The highest BCUT2D eigenvalue weighted by Gasteiger charge is 2.32. The van der Waals surface area contributed by atoms with Gasteiger partial charge in [0.2, 0.25) is 5.91 Å². The third kappa shape index (κ3) is 2.59. The zero-order valence-corrected chi connectivity index (χ0v) is 9.68. The summed E-state index contributed by atoms with van der Waals surface area (Å²) in [5, 5.41) is 8.79. The Hall–Kier alpha value is -1.39. The van der Waals surface area contributed by atoms with Crippen LogP contribution in [-0.2, 0) is 10.3 Å². The molecule has 3 N–H and O–H groups in total. The van der Waals surface area contributed by atoms with Crippen LogP contribution in [-0.4, -0.2) is 36.1 Å². The van der Waals surface area contributed by atoms with Crippen LogP contribution in [0.4, 0.5) is 0 Å². The van der Waals surface area contributed by atoms with Gasteiger partial charge in [-0.3, -0.25) is 4.79 Å². The number of likely N-dealkylation sites (N-methyl/N-ethyl adjacent to an activating group) is 1. The van der Waals surface area contributed by atoms with Gasteiger partial charge in [0.25, 0.3) is 0 Å². The number of nitrogens with zero attached hydrogens (tertiary/aromatic N) is 1. The zero-order valence-electron chi connectivity index (χ0n) is 9.68. The smallest absolute Gasteiger partial charge is 0.246 e. The number of aliphatic hydroxyl groups is 1. The summed E-state index contributed by atoms with van der Waals surface area (Å²) in [5.41, 5.74) is 5.76. The van der Waals surface area contributed by atoms with Crippen molar-refractivity contribution in [1.29, 1.82) is 0 Å². The summed E-state index contributed by atoms with van der Waals surface area (Å²) in [7, 11) is 1.63. The second-order valence-corrected chi connectivity index (χ2v) is 4.02. The monoisotopic (exact) mass is 222 g/mol. The van der Waals surface area contributed by atoms with Gasteiger partial charge in [-0.2, -0.15) is 0 Å². The predicted octanol–water partition coefficient (Wildman–Crippen LogP) is 0.311. The summed E-state index contributed by atoms with van der Waals surface area (Å²) < 4.78 is 0. The molecule has 0 aliphatic rings. The topological polar surface area (TPSA) is 66.6 Å². The second-order valence-electron chi connectivity index (χ2n) is 4.02. The Morgan fingerprint density at radius 1 is 1.44 bits per heavy atom. The molecule has 0 spiro atoms. The van der Waals surface area contributed by atoms with E-state index in [2.05, 4.69) is 0 Å². The van der Waals surface area contributed by atoms with Crippen LogP contribution in [0.1, 0.15) is 12.5 Å². The maximum absolute atomic E-state index is 12.0. The van der Waals surface area contributed by atoms with Crippen LogP contribution in [0.25, 0.3) is 0 Å². The van der Waals surface area contributed by atoms with Crippen LogP contribution < -0.4 is 5.73 Å². The lowest BCUT2D eigenvalue weighted by Crippen LogP contribution is -2.50. The molecule has 1 unspecified atom stereocenters. The number of aliphatic hydroxyl groups excluding tert-OH is 1. The Morgan fingerprint density at radius 2 is 2.00 bits per heavy atom. The van der Waals surface area contributed by atoms with Crippen molar-refractivity contribution in [2.75, 3.05) is 20.2 Å². The highest BCUT2D eigenvalue weighted by Crippen LogP contribution is 2.19. The van der Waals surface area contributed by atoms with Crippen molar-refractivity contribution in [3.05, 3.63) is 35.9 Å². The number of nitrogens with two attached hydrogens (primary N) is 1. The van der Waals surface area contributed by atoms with E-state index in [4.69, 9.17) is 10.8 Å². The van der Waals surface area contributed by atoms with Crippen LogP contribution in [0, 0.1) is 0 Å². The minimum Gasteiger partial charge on any atom is -0.395 e. The highest BCUT2D eigenvalue weighted by molar-refractivity contribution is 5.86. The molecule has 0 aliphatic carbocycles. The average molecular weight is 222 g/mol. The molecule has 0 heterocycles. The van der Waals surface area contributed by atoms with Crippen LogP contribution in [0.15, 0.2) is 30.3 Å². The molecule has 1 aromatic rings. The van der Waals surface area contributed by atoms with Crippen LogP contribution in [0.5, 0.6) is 0 Å². The molecule has 0 saturated carbocycles. The third-order valence-electron chi connectivity index (χ3n) is 2.60. The first-order valence-corrected chi connectivity index (χ1v) is 5.21. The molecule has 0 radical (unpaired) electrons. The van der Waals surface area contributed by atoms with E-state index in [0.29, 0.717) is 6.54 Å². The summed E-state index contributed by atoms with van der Waals surface area (Å²) in [6.45, 7) is 1.91. The van der Waals surface area contributed by atoms with E-state index in [0.717, 1.165) is 5.56 Å². The van der Waals surface area contributed by atoms with Gasteiger partial charge in [-0.25, -0.2) is 0 Å². The molecule has 16 heavy (non-hydrogen) atoms. The molecule has 1 amide bonds. The minimum atomic E-state index is -1.05. The summed E-state index contributed by atoms with van der Waals surface area (Å²) in [5.74, 6) is -0.201. The molecule has 88 valence electrons. The number of benzene rings is 1. The standard InChI is InChI=1S/C12H18N2O2/c1-12(13,10-6-4-3-5-7-10)11(16)14(2)8-9-15/h3-7,15H,8-9,13H2,1-2H3. The van der Waals surface area contributed by atoms with Crippen LogP contribution in [0.2, 0.25) is 0 Å². The minimum absolute atomic E-state index is 0.0624. The third-order valence-corrected chi connectivity index (χ3v) is 2.60. The lowest BCUT2D eigenvalue weighted by Gasteiger charge is -2.29. The number of hydrogen-bond acceptors (Lipinski definition) is 3. The Labute approximate surface area is 95.7 Å². The van der Waals surface area contributed by atoms with E-state index in [-0.39, 0.29) is 12.5 Å². The molecule has 0 bridgehead atoms. The van der Waals surface area contributed by atoms with Gasteiger partial charge in [-0.15, -0.1) is 0 Å². The van der Waals surface area contributed by atoms with Crippen LogP contribution >= 0.6 is 0 Å². The fourth-order valence-corrected chi connectivity index (χ4v) is 1.56. The second kappa shape index (κ2) is 5.09. The van der Waals surface area contributed by atoms with Crippen molar-refractivity contribution in [3.63, 3.8) is 0 Å². The Balaban J connectivity index is 2.89. The van der Waals surface area contributed by atoms with Gasteiger partial charge < -0.3 is 15.7 Å². The predicted molar refractivity (Wildman–Crippen MR) is 62.7 cm³/mol. The Kier molecular flexibility index (Phi) is 4.04. The number of rotatable bonds is 4. The van der Waals surface area contributed by atoms with Gasteiger partial charge in [-0.05, 0) is 12.5 Å². The first kappa shape index (κ1) is 12.7. The summed E-state index contributed by atoms with van der Waals surface area (Å²) in [6.07, 6.45) is 0. The number of carbonyl (C=O) groups excluding carboxylic acids is 1. The maximum atomic E-state index is 12.0. The average Bonchev–Trinajstić information content (AvgIpc) is 2.29. The van der Waals surface area contributed by atoms with E-state index in [1.807, 2.05) is 30.3 Å². The van der Waals surface area contributed by atoms with Gasteiger partial charge in [0.15, 0.2) is 0 Å². The normalized spacial score (nSPS) is 14.2. The molecule has 0 fully saturated rings. The van der Waals surface area contributed by atoms with Gasteiger partial charge in [0.05, 0.1) is 6.61 Å². The summed E-state index contributed by atoms with van der Waals surface area (Å²) in [4.78, 5) is 13.5. The number of carbonyl (C=O) groups is 1. The first-order chi connectivity index (χ1) is 7.50. The van der Waals surface area contributed by atoms with E-state index < -0.39 is 5.54 Å². The fraction of sp³-hybridized carbons (Fsp3) is 0.417. The zero-order chi connectivity index (χ0) is 12.2. The first-order valence-electron chi connectivity index (χ1n) is 5.21. The van der Waals surface area contributed by atoms with E-state index >= 15 is 0 Å². The SMILES string of the molecule is CN(CCO)C(=O)C(C)(N)c1ccccc1. The van der Waals surface area contributed by atoms with E-state index in [1.54, 1.807) is 14.0 Å². The number of hydrogen-bond donors (Lipinski definition) is 2. The Morgan fingerprint density at radius 3 is 2.50 bits per heavy atom. The van der Waals surface area contributed by atoms with Crippen molar-refractivity contribution in [2.45, 2.75) is 12.5 Å². The van der Waals surface area contributed by atoms with Gasteiger partial charge in [0, 0.05) is 13.6 Å². The van der Waals surface area contributed by atoms with Crippen molar-refractivity contribution in [3.8, 4) is 0 Å². The van der Waals surface area contributed by atoms with Crippen molar-refractivity contribution in [1.82, 2.24) is 4.90 Å². The van der Waals surface area contributed by atoms with Crippen molar-refractivity contribution in [2.24, 2.45) is 5.73 Å². The van der Waals surface area contributed by atoms with Gasteiger partial charge >= 0.3 is 0 Å². The molecular formula is C12H18N2O2. The molecule has 0 aliphatic heterocycles. The van der Waals surface area contributed by atoms with Crippen molar-refractivity contribution < 1.29 is 9.90 Å². The molecule has 1 rings (SSSR count). The summed E-state index contributed by atoms with van der Waals surface area (Å²) in [6, 6.07) is 9.22. The largest absolute Gasteiger partial charge is 0.395 e. The maximum Gasteiger partial charge on any atom is 0.246 e. The molecule has 1 aromatic carbocycles. The lowest BCUT2D eigenvalue weighted by atomic mass is 9.92. The van der Waals surface area contributed by atoms with Crippen LogP contribution in [0.3, 0.4) is 0 Å². The van der Waals surface area contributed by atoms with Gasteiger partial charge in [-0.1, -0.05) is 30.3 Å². The Bertz CT molecular complexity index is 349. The number of amides is 1. The van der Waals surface area contributed by atoms with Crippen molar-refractivity contribution >= 4 is 5.91 Å². The molecule has 4 nitrogen and oxygen atoms in total. The molecular weight excluding hydrogens is 204 g/mol. The van der Waals surface area contributed by atoms with Gasteiger partial charge in [0.1, 0.15) is 5.54 Å². The lowest BCUT2D eigenvalue weighted by molar-refractivity contribution is -0.135. The quantitative estimate of drug-likeness (QED) is 0.770. The molecule has 4 heteroatoms. The fourth-order valence-electron chi connectivity index (χ4n) is 1.56. The molecule has 0 saturated heterocycles. The highest BCUT2D eigenvalue weighted by atomic mass is 16.3. The summed E-state index contributed by atoms with van der Waals surface area (Å²) >= 11 is 0.